The van der Waals surface area contributed by atoms with Crippen LogP contribution in [0.15, 0.2) is 0 Å². The van der Waals surface area contributed by atoms with Crippen LogP contribution in [0, 0.1) is 0 Å². The van der Waals surface area contributed by atoms with E-state index in [1.54, 1.807) is 0 Å². The third kappa shape index (κ3) is 7.13. The van der Waals surface area contributed by atoms with Crippen molar-refractivity contribution in [2.24, 2.45) is 5.73 Å². The van der Waals surface area contributed by atoms with E-state index in [0.29, 0.717) is 13.1 Å². The summed E-state index contributed by atoms with van der Waals surface area (Å²) < 4.78 is 0. The van der Waals surface area contributed by atoms with Gasteiger partial charge in [0.2, 0.25) is 0 Å². The number of likely N-dealkylation sites (N-methyl/N-ethyl adjacent to an activating group) is 1. The number of nitrogens with two attached hydrogens (primary N) is 1. The molecule has 0 rings (SSSR count). The highest BCUT2D eigenvalue weighted by Gasteiger charge is 2.12. The molecule has 0 atom stereocenters. The lowest BCUT2D eigenvalue weighted by molar-refractivity contribution is -0.139. The van der Waals surface area contributed by atoms with E-state index in [1.165, 1.54) is 0 Å². The standard InChI is InChI=1S/C9H18N4O2S/c1-3-13(2)5-4-11-8(14)9(15)12-6-7(10)16/h3-6H2,1-2H3,(H2,10,16)(H,11,14)(H,12,15). The van der Waals surface area contributed by atoms with E-state index >= 15 is 0 Å². The van der Waals surface area contributed by atoms with Crippen LogP contribution in [0.2, 0.25) is 0 Å². The van der Waals surface area contributed by atoms with Gasteiger partial charge >= 0.3 is 11.8 Å². The first-order valence-electron chi connectivity index (χ1n) is 5.00. The lowest BCUT2D eigenvalue weighted by Gasteiger charge is -2.13. The summed E-state index contributed by atoms with van der Waals surface area (Å²) in [5.41, 5.74) is 5.18. The first kappa shape index (κ1) is 14.8. The molecule has 16 heavy (non-hydrogen) atoms. The molecular weight excluding hydrogens is 228 g/mol. The van der Waals surface area contributed by atoms with Crippen LogP contribution in [-0.2, 0) is 9.59 Å². The molecule has 7 heteroatoms. The predicted octanol–water partition coefficient (Wildman–Crippen LogP) is -1.54. The summed E-state index contributed by atoms with van der Waals surface area (Å²) in [4.78, 5) is 24.5. The van der Waals surface area contributed by atoms with Gasteiger partial charge < -0.3 is 21.3 Å². The Kier molecular flexibility index (Phi) is 7.40. The normalized spacial score (nSPS) is 9.94. The Morgan fingerprint density at radius 1 is 1.31 bits per heavy atom. The van der Waals surface area contributed by atoms with Crippen molar-refractivity contribution < 1.29 is 9.59 Å². The van der Waals surface area contributed by atoms with Gasteiger partial charge in [-0.1, -0.05) is 19.1 Å². The van der Waals surface area contributed by atoms with Gasteiger partial charge in [0.05, 0.1) is 11.5 Å². The zero-order valence-corrected chi connectivity index (χ0v) is 10.4. The number of amides is 2. The van der Waals surface area contributed by atoms with Crippen LogP contribution in [-0.4, -0.2) is 54.9 Å². The van der Waals surface area contributed by atoms with Crippen LogP contribution in [0.5, 0.6) is 0 Å². The van der Waals surface area contributed by atoms with Crippen molar-refractivity contribution in [2.45, 2.75) is 6.92 Å². The first-order chi connectivity index (χ1) is 7.47. The molecule has 0 aliphatic rings. The van der Waals surface area contributed by atoms with Crippen LogP contribution in [0.3, 0.4) is 0 Å². The molecule has 0 saturated carbocycles. The lowest BCUT2D eigenvalue weighted by Crippen LogP contribution is -2.44. The summed E-state index contributed by atoms with van der Waals surface area (Å²) in [6, 6.07) is 0. The van der Waals surface area contributed by atoms with Crippen molar-refractivity contribution in [3.05, 3.63) is 0 Å². The quantitative estimate of drug-likeness (QED) is 0.390. The molecule has 0 bridgehead atoms. The average Bonchev–Trinajstić information content (AvgIpc) is 2.25. The highest BCUT2D eigenvalue weighted by atomic mass is 32.1. The molecule has 92 valence electrons. The Balaban J connectivity index is 3.71. The summed E-state index contributed by atoms with van der Waals surface area (Å²) in [6.07, 6.45) is 0. The first-order valence-corrected chi connectivity index (χ1v) is 5.41. The molecule has 0 aromatic carbocycles. The number of nitrogens with zero attached hydrogens (tertiary/aromatic N) is 1. The van der Waals surface area contributed by atoms with E-state index in [4.69, 9.17) is 5.73 Å². The van der Waals surface area contributed by atoms with Crippen LogP contribution < -0.4 is 16.4 Å². The van der Waals surface area contributed by atoms with Gasteiger partial charge in [0.1, 0.15) is 0 Å². The number of thiocarbonyl (C=S) groups is 1. The lowest BCUT2D eigenvalue weighted by atomic mass is 10.4. The Labute approximate surface area is 101 Å². The predicted molar refractivity (Wildman–Crippen MR) is 66.0 cm³/mol. The fraction of sp³-hybridized carbons (Fsp3) is 0.667. The molecule has 2 amide bonds. The zero-order chi connectivity index (χ0) is 12.6. The van der Waals surface area contributed by atoms with Crippen molar-refractivity contribution >= 4 is 29.0 Å². The molecule has 0 unspecified atom stereocenters. The van der Waals surface area contributed by atoms with Gasteiger partial charge in [0.15, 0.2) is 0 Å². The van der Waals surface area contributed by atoms with Gasteiger partial charge in [-0.2, -0.15) is 0 Å². The summed E-state index contributed by atoms with van der Waals surface area (Å²) in [7, 11) is 1.93. The molecule has 0 aliphatic heterocycles. The van der Waals surface area contributed by atoms with Crippen molar-refractivity contribution in [3.63, 3.8) is 0 Å². The van der Waals surface area contributed by atoms with E-state index in [-0.39, 0.29) is 11.5 Å². The molecule has 6 nitrogen and oxygen atoms in total. The van der Waals surface area contributed by atoms with E-state index in [2.05, 4.69) is 22.9 Å². The number of carbonyl (C=O) groups is 2. The van der Waals surface area contributed by atoms with Crippen LogP contribution >= 0.6 is 12.2 Å². The molecule has 0 heterocycles. The summed E-state index contributed by atoms with van der Waals surface area (Å²) in [5, 5.41) is 4.80. The van der Waals surface area contributed by atoms with Crippen molar-refractivity contribution in [1.82, 2.24) is 15.5 Å². The van der Waals surface area contributed by atoms with E-state index < -0.39 is 11.8 Å². The second-order valence-corrected chi connectivity index (χ2v) is 3.83. The monoisotopic (exact) mass is 246 g/mol. The molecule has 0 aromatic rings. The van der Waals surface area contributed by atoms with Crippen molar-refractivity contribution in [3.8, 4) is 0 Å². The topological polar surface area (TPSA) is 87.5 Å². The molecule has 4 N–H and O–H groups in total. The van der Waals surface area contributed by atoms with Crippen LogP contribution in [0.1, 0.15) is 6.92 Å². The fourth-order valence-corrected chi connectivity index (χ4v) is 0.919. The Morgan fingerprint density at radius 2 is 1.88 bits per heavy atom. The molecule has 0 aromatic heterocycles. The number of hydrogen-bond donors (Lipinski definition) is 3. The maximum Gasteiger partial charge on any atom is 0.309 e. The van der Waals surface area contributed by atoms with Gasteiger partial charge in [0.25, 0.3) is 0 Å². The highest BCUT2D eigenvalue weighted by molar-refractivity contribution is 7.80. The van der Waals surface area contributed by atoms with Crippen LogP contribution in [0.4, 0.5) is 0 Å². The maximum absolute atomic E-state index is 11.2. The summed E-state index contributed by atoms with van der Waals surface area (Å²) in [6.45, 7) is 4.07. The number of carbonyl (C=O) groups excluding carboxylic acids is 2. The molecule has 0 aliphatic carbocycles. The van der Waals surface area contributed by atoms with Gasteiger partial charge in [-0.25, -0.2) is 0 Å². The third-order valence-corrected chi connectivity index (χ3v) is 2.09. The van der Waals surface area contributed by atoms with Gasteiger partial charge in [-0.3, -0.25) is 9.59 Å². The van der Waals surface area contributed by atoms with Crippen molar-refractivity contribution in [1.29, 1.82) is 0 Å². The highest BCUT2D eigenvalue weighted by Crippen LogP contribution is 1.78. The van der Waals surface area contributed by atoms with E-state index in [1.807, 2.05) is 18.9 Å². The second kappa shape index (κ2) is 8.00. The molecule has 0 fully saturated rings. The minimum absolute atomic E-state index is 0.0381. The molecule has 0 saturated heterocycles. The minimum atomic E-state index is -0.716. The number of hydrogen-bond acceptors (Lipinski definition) is 4. The summed E-state index contributed by atoms with van der Waals surface area (Å²) >= 11 is 4.56. The van der Waals surface area contributed by atoms with Gasteiger partial charge in [0, 0.05) is 13.1 Å². The molecular formula is C9H18N4O2S. The SMILES string of the molecule is CCN(C)CCNC(=O)C(=O)NCC(N)=S. The summed E-state index contributed by atoms with van der Waals surface area (Å²) in [5.74, 6) is -1.38. The van der Waals surface area contributed by atoms with Crippen molar-refractivity contribution in [2.75, 3.05) is 33.2 Å². The average molecular weight is 246 g/mol. The number of nitrogens with one attached hydrogen (secondary N) is 2. The Hall–Kier alpha value is -1.21. The Bertz CT molecular complexity index is 270. The van der Waals surface area contributed by atoms with Gasteiger partial charge in [-0.05, 0) is 13.6 Å². The maximum atomic E-state index is 11.2. The zero-order valence-electron chi connectivity index (χ0n) is 9.58. The smallest absolute Gasteiger partial charge is 0.309 e. The molecule has 0 spiro atoms. The second-order valence-electron chi connectivity index (χ2n) is 3.30. The number of rotatable bonds is 6. The molecule has 0 radical (unpaired) electrons. The van der Waals surface area contributed by atoms with E-state index in [9.17, 15) is 9.59 Å². The largest absolute Gasteiger partial charge is 0.392 e. The minimum Gasteiger partial charge on any atom is -0.392 e. The fourth-order valence-electron chi connectivity index (χ4n) is 0.846. The van der Waals surface area contributed by atoms with Gasteiger partial charge in [-0.15, -0.1) is 0 Å². The third-order valence-electron chi connectivity index (χ3n) is 1.95. The van der Waals surface area contributed by atoms with E-state index in [0.717, 1.165) is 6.54 Å². The Morgan fingerprint density at radius 3 is 2.38 bits per heavy atom. The van der Waals surface area contributed by atoms with Crippen LogP contribution in [0.25, 0.3) is 0 Å².